The Bertz CT molecular complexity index is 1700. The minimum atomic E-state index is -0.661. The largest absolute Gasteiger partial charge is 0.465 e. The van der Waals surface area contributed by atoms with Crippen LogP contribution >= 0.6 is 0 Å². The third kappa shape index (κ3) is 7.90. The normalized spacial score (nSPS) is 10.2. The minimum Gasteiger partial charge on any atom is -0.465 e. The predicted molar refractivity (Wildman–Crippen MR) is 159 cm³/mol. The molecule has 0 fully saturated rings. The number of aromatic nitrogens is 2. The van der Waals surface area contributed by atoms with E-state index in [-0.39, 0.29) is 51.0 Å². The van der Waals surface area contributed by atoms with E-state index in [1.54, 1.807) is 0 Å². The molecule has 0 bridgehead atoms. The highest BCUT2D eigenvalue weighted by Crippen LogP contribution is 2.19. The summed E-state index contributed by atoms with van der Waals surface area (Å²) in [5.74, 6) is -4.21. The first-order chi connectivity index (χ1) is 21.6. The highest BCUT2D eigenvalue weighted by molar-refractivity contribution is 6.08. The van der Waals surface area contributed by atoms with E-state index in [9.17, 15) is 28.8 Å². The van der Waals surface area contributed by atoms with Crippen LogP contribution in [0.1, 0.15) is 62.1 Å². The molecule has 0 saturated carbocycles. The summed E-state index contributed by atoms with van der Waals surface area (Å²) in [6.45, 7) is 0. The van der Waals surface area contributed by atoms with Crippen molar-refractivity contribution in [3.05, 3.63) is 112 Å². The van der Waals surface area contributed by atoms with Crippen molar-refractivity contribution in [3.8, 4) is 0 Å². The summed E-state index contributed by atoms with van der Waals surface area (Å²) < 4.78 is 14.0. The molecule has 4 aromatic rings. The summed E-state index contributed by atoms with van der Waals surface area (Å²) in [5.41, 5.74) is 1.03. The Morgan fingerprint density at radius 3 is 1.31 bits per heavy atom. The molecule has 14 heteroatoms. The molecule has 3 aromatic carbocycles. The van der Waals surface area contributed by atoms with Gasteiger partial charge < -0.3 is 24.8 Å². The number of carbonyl (C=O) groups is 6. The Balaban J connectivity index is 1.61. The van der Waals surface area contributed by atoms with Crippen LogP contribution in [0.5, 0.6) is 0 Å². The molecule has 0 saturated heterocycles. The van der Waals surface area contributed by atoms with Crippen LogP contribution in [0.4, 0.5) is 17.6 Å². The van der Waals surface area contributed by atoms with E-state index in [1.807, 2.05) is 0 Å². The number of nitrogens with one attached hydrogen (secondary N) is 3. The number of esters is 3. The van der Waals surface area contributed by atoms with Crippen molar-refractivity contribution < 1.29 is 43.0 Å². The highest BCUT2D eigenvalue weighted by atomic mass is 16.5. The monoisotopic (exact) mass is 611 g/mol. The summed E-state index contributed by atoms with van der Waals surface area (Å²) >= 11 is 0. The number of amides is 3. The van der Waals surface area contributed by atoms with Crippen molar-refractivity contribution in [1.29, 1.82) is 0 Å². The number of hydrogen-bond acceptors (Lipinski definition) is 11. The maximum absolute atomic E-state index is 13.0. The van der Waals surface area contributed by atoms with Crippen LogP contribution in [0.15, 0.2) is 78.9 Å². The van der Waals surface area contributed by atoms with Gasteiger partial charge in [-0.3, -0.25) is 19.7 Å². The molecule has 0 radical (unpaired) electrons. The lowest BCUT2D eigenvalue weighted by Gasteiger charge is -2.12. The molecule has 1 heterocycles. The second-order valence-corrected chi connectivity index (χ2v) is 9.03. The van der Waals surface area contributed by atoms with Crippen molar-refractivity contribution in [3.63, 3.8) is 0 Å². The molecule has 4 rings (SSSR count). The van der Waals surface area contributed by atoms with E-state index in [0.717, 1.165) is 0 Å². The van der Waals surface area contributed by atoms with Gasteiger partial charge in [0.25, 0.3) is 17.7 Å². The first kappa shape index (κ1) is 31.5. The summed E-state index contributed by atoms with van der Waals surface area (Å²) in [5, 5.41) is 7.61. The predicted octanol–water partition coefficient (Wildman–Crippen LogP) is 3.59. The zero-order valence-corrected chi connectivity index (χ0v) is 24.1. The smallest absolute Gasteiger partial charge is 0.337 e. The van der Waals surface area contributed by atoms with E-state index in [4.69, 9.17) is 4.74 Å². The Hall–Kier alpha value is -6.44. The van der Waals surface area contributed by atoms with E-state index in [2.05, 4.69) is 35.4 Å². The summed E-state index contributed by atoms with van der Waals surface area (Å²) in [7, 11) is 3.68. The number of nitrogens with zero attached hydrogens (tertiary/aromatic N) is 2. The molecule has 228 valence electrons. The number of rotatable bonds is 9. The number of ether oxygens (including phenoxy) is 3. The van der Waals surface area contributed by atoms with Crippen molar-refractivity contribution in [2.45, 2.75) is 0 Å². The highest BCUT2D eigenvalue weighted by Gasteiger charge is 2.17. The Labute approximate surface area is 255 Å². The van der Waals surface area contributed by atoms with Crippen LogP contribution in [0.2, 0.25) is 0 Å². The van der Waals surface area contributed by atoms with Gasteiger partial charge in [0.05, 0.1) is 38.0 Å². The van der Waals surface area contributed by atoms with Gasteiger partial charge >= 0.3 is 17.9 Å². The van der Waals surface area contributed by atoms with Gasteiger partial charge in [-0.25, -0.2) is 14.4 Å². The third-order valence-electron chi connectivity index (χ3n) is 6.12. The SMILES string of the molecule is COC(=O)c1ccc(C(=O)Nc2cc(NC(=O)c3cccc(C(=O)OC)c3)nc(NC(=O)c3ccc(C(=O)OC)cc3)n2)cc1. The van der Waals surface area contributed by atoms with Crippen LogP contribution < -0.4 is 16.0 Å². The molecule has 0 unspecified atom stereocenters. The van der Waals surface area contributed by atoms with Crippen LogP contribution in [-0.4, -0.2) is 66.9 Å². The molecule has 0 aliphatic rings. The molecule has 0 spiro atoms. The average molecular weight is 612 g/mol. The summed E-state index contributed by atoms with van der Waals surface area (Å²) in [4.78, 5) is 82.7. The maximum Gasteiger partial charge on any atom is 0.337 e. The van der Waals surface area contributed by atoms with E-state index in [0.29, 0.717) is 0 Å². The van der Waals surface area contributed by atoms with Gasteiger partial charge in [-0.05, 0) is 66.7 Å². The summed E-state index contributed by atoms with van der Waals surface area (Å²) in [6, 6.07) is 18.2. The number of anilines is 3. The van der Waals surface area contributed by atoms with Gasteiger partial charge in [-0.2, -0.15) is 9.97 Å². The zero-order chi connectivity index (χ0) is 32.5. The van der Waals surface area contributed by atoms with E-state index < -0.39 is 35.6 Å². The lowest BCUT2D eigenvalue weighted by Crippen LogP contribution is -2.20. The molecule has 0 aliphatic heterocycles. The molecule has 14 nitrogen and oxygen atoms in total. The van der Waals surface area contributed by atoms with Crippen molar-refractivity contribution >= 4 is 53.2 Å². The standard InChI is InChI=1S/C31H25N5O9/c1-43-28(40)19-11-7-17(8-12-19)25(37)32-23-16-24(33-27(39)21-5-4-6-22(15-21)30(42)45-3)35-31(34-23)36-26(38)18-9-13-20(14-10-18)29(41)44-2/h4-16H,1-3H3,(H3,32,33,34,35,36,37,38,39). The van der Waals surface area contributed by atoms with Crippen LogP contribution in [-0.2, 0) is 14.2 Å². The maximum atomic E-state index is 13.0. The topological polar surface area (TPSA) is 192 Å². The van der Waals surface area contributed by atoms with Gasteiger partial charge in [-0.15, -0.1) is 0 Å². The third-order valence-corrected chi connectivity index (χ3v) is 6.12. The van der Waals surface area contributed by atoms with Gasteiger partial charge in [0.15, 0.2) is 0 Å². The van der Waals surface area contributed by atoms with Gasteiger partial charge in [-0.1, -0.05) is 6.07 Å². The number of hydrogen-bond donors (Lipinski definition) is 3. The Morgan fingerprint density at radius 2 is 0.844 bits per heavy atom. The van der Waals surface area contributed by atoms with Crippen molar-refractivity contribution in [2.75, 3.05) is 37.3 Å². The van der Waals surface area contributed by atoms with Gasteiger partial charge in [0, 0.05) is 22.8 Å². The molecule has 0 aliphatic carbocycles. The molecule has 3 N–H and O–H groups in total. The molecular formula is C31H25N5O9. The molecule has 45 heavy (non-hydrogen) atoms. The quantitative estimate of drug-likeness (QED) is 0.185. The summed E-state index contributed by atoms with van der Waals surface area (Å²) in [6.07, 6.45) is 0. The Morgan fingerprint density at radius 1 is 0.467 bits per heavy atom. The van der Waals surface area contributed by atoms with Crippen molar-refractivity contribution in [2.24, 2.45) is 0 Å². The second kappa shape index (κ2) is 14.2. The first-order valence-corrected chi connectivity index (χ1v) is 13.0. The van der Waals surface area contributed by atoms with Gasteiger partial charge in [0.2, 0.25) is 5.95 Å². The molecule has 0 atom stereocenters. The lowest BCUT2D eigenvalue weighted by atomic mass is 10.1. The fourth-order valence-corrected chi connectivity index (χ4v) is 3.84. The number of carbonyl (C=O) groups excluding carboxylic acids is 6. The fraction of sp³-hybridized carbons (Fsp3) is 0.0968. The van der Waals surface area contributed by atoms with Crippen molar-refractivity contribution in [1.82, 2.24) is 9.97 Å². The molecule has 1 aromatic heterocycles. The molecule has 3 amide bonds. The minimum absolute atomic E-state index is 0.0954. The number of methoxy groups -OCH3 is 3. The van der Waals surface area contributed by atoms with Gasteiger partial charge in [0.1, 0.15) is 11.6 Å². The van der Waals surface area contributed by atoms with E-state index in [1.165, 1.54) is 100 Å². The Kier molecular flexibility index (Phi) is 9.90. The molecular weight excluding hydrogens is 586 g/mol. The van der Waals surface area contributed by atoms with Crippen LogP contribution in [0.3, 0.4) is 0 Å². The van der Waals surface area contributed by atoms with Crippen LogP contribution in [0.25, 0.3) is 0 Å². The average Bonchev–Trinajstić information content (AvgIpc) is 3.07. The first-order valence-electron chi connectivity index (χ1n) is 13.0. The fourth-order valence-electron chi connectivity index (χ4n) is 3.84. The number of benzene rings is 3. The zero-order valence-electron chi connectivity index (χ0n) is 24.1. The second-order valence-electron chi connectivity index (χ2n) is 9.03. The lowest BCUT2D eigenvalue weighted by molar-refractivity contribution is 0.0591. The van der Waals surface area contributed by atoms with E-state index >= 15 is 0 Å². The van der Waals surface area contributed by atoms with Crippen LogP contribution in [0, 0.1) is 0 Å².